The van der Waals surface area contributed by atoms with E-state index >= 15 is 0 Å². The number of aliphatic hydroxyl groups excluding tert-OH is 1. The summed E-state index contributed by atoms with van der Waals surface area (Å²) in [4.78, 5) is 1.29. The van der Waals surface area contributed by atoms with E-state index in [9.17, 15) is 5.11 Å². The van der Waals surface area contributed by atoms with Crippen LogP contribution in [0.4, 0.5) is 0 Å². The van der Waals surface area contributed by atoms with Crippen LogP contribution >= 0.6 is 27.7 Å². The number of hydrogen-bond donors (Lipinski definition) is 1. The number of fused-ring (bicyclic) bond motifs is 1. The number of rotatable bonds is 4. The predicted octanol–water partition coefficient (Wildman–Crippen LogP) is 3.81. The molecule has 3 rings (SSSR count). The largest absolute Gasteiger partial charge is 0.386 e. The highest BCUT2D eigenvalue weighted by molar-refractivity contribution is 9.10. The van der Waals surface area contributed by atoms with Crippen molar-refractivity contribution in [1.29, 1.82) is 0 Å². The van der Waals surface area contributed by atoms with Crippen LogP contribution in [-0.4, -0.2) is 20.1 Å². The first-order chi connectivity index (χ1) is 9.70. The van der Waals surface area contributed by atoms with Crippen molar-refractivity contribution in [2.75, 3.05) is 0 Å². The van der Waals surface area contributed by atoms with Crippen molar-refractivity contribution in [3.8, 4) is 0 Å². The number of aliphatic hydroxyl groups is 1. The maximum Gasteiger partial charge on any atom is 0.109 e. The average molecular weight is 353 g/mol. The maximum absolute atomic E-state index is 10.8. The van der Waals surface area contributed by atoms with Crippen molar-refractivity contribution in [1.82, 2.24) is 9.78 Å². The Morgan fingerprint density at radius 1 is 1.50 bits per heavy atom. The van der Waals surface area contributed by atoms with Crippen LogP contribution in [0, 0.1) is 0 Å². The molecule has 2 aromatic rings. The van der Waals surface area contributed by atoms with Crippen molar-refractivity contribution in [3.63, 3.8) is 0 Å². The molecule has 0 aliphatic carbocycles. The highest BCUT2D eigenvalue weighted by Crippen LogP contribution is 2.43. The van der Waals surface area contributed by atoms with Crippen LogP contribution in [0.5, 0.6) is 0 Å². The molecule has 1 aromatic heterocycles. The van der Waals surface area contributed by atoms with Gasteiger partial charge in [-0.05, 0) is 40.4 Å². The topological polar surface area (TPSA) is 38.0 Å². The van der Waals surface area contributed by atoms with Gasteiger partial charge in [-0.15, -0.1) is 11.8 Å². The van der Waals surface area contributed by atoms with Gasteiger partial charge in [0.05, 0.1) is 16.4 Å². The number of aromatic nitrogens is 2. The molecular weight excluding hydrogens is 336 g/mol. The fourth-order valence-electron chi connectivity index (χ4n) is 2.62. The number of thioether (sulfide) groups is 1. The van der Waals surface area contributed by atoms with Crippen LogP contribution < -0.4 is 0 Å². The molecule has 106 valence electrons. The first kappa shape index (κ1) is 14.2. The first-order valence-electron chi connectivity index (χ1n) is 6.84. The second-order valence-electron chi connectivity index (χ2n) is 5.01. The molecule has 1 aliphatic heterocycles. The fourth-order valence-corrected chi connectivity index (χ4v) is 4.45. The second-order valence-corrected chi connectivity index (χ2v) is 7.15. The third kappa shape index (κ3) is 2.54. The van der Waals surface area contributed by atoms with Crippen molar-refractivity contribution in [2.45, 2.75) is 42.6 Å². The smallest absolute Gasteiger partial charge is 0.109 e. The van der Waals surface area contributed by atoms with Crippen LogP contribution in [0.1, 0.15) is 30.7 Å². The second kappa shape index (κ2) is 5.92. The molecule has 1 N–H and O–H groups in total. The highest BCUT2D eigenvalue weighted by Gasteiger charge is 2.32. The number of aryl methyl sites for hydroxylation is 1. The Bertz CT molecular complexity index is 589. The van der Waals surface area contributed by atoms with E-state index in [4.69, 9.17) is 0 Å². The van der Waals surface area contributed by atoms with E-state index in [0.29, 0.717) is 0 Å². The van der Waals surface area contributed by atoms with E-state index in [2.05, 4.69) is 52.2 Å². The Morgan fingerprint density at radius 2 is 2.30 bits per heavy atom. The maximum atomic E-state index is 10.8. The van der Waals surface area contributed by atoms with E-state index in [1.54, 1.807) is 18.0 Å². The van der Waals surface area contributed by atoms with Gasteiger partial charge in [-0.1, -0.05) is 25.1 Å². The zero-order valence-corrected chi connectivity index (χ0v) is 13.7. The summed E-state index contributed by atoms with van der Waals surface area (Å²) in [6, 6.07) is 8.39. The van der Waals surface area contributed by atoms with Crippen LogP contribution in [0.25, 0.3) is 0 Å². The van der Waals surface area contributed by atoms with E-state index < -0.39 is 6.10 Å². The van der Waals surface area contributed by atoms with Crippen LogP contribution in [-0.2, 0) is 13.0 Å². The van der Waals surface area contributed by atoms with Gasteiger partial charge < -0.3 is 5.11 Å². The Kier molecular flexibility index (Phi) is 4.19. The van der Waals surface area contributed by atoms with Crippen molar-refractivity contribution in [3.05, 3.63) is 46.2 Å². The van der Waals surface area contributed by atoms with Crippen molar-refractivity contribution in [2.24, 2.45) is 0 Å². The molecule has 0 saturated heterocycles. The van der Waals surface area contributed by atoms with Gasteiger partial charge in [0.2, 0.25) is 0 Å². The number of benzene rings is 1. The summed E-state index contributed by atoms with van der Waals surface area (Å²) in [6.45, 7) is 2.95. The van der Waals surface area contributed by atoms with Gasteiger partial charge in [-0.25, -0.2) is 0 Å². The lowest BCUT2D eigenvalue weighted by molar-refractivity contribution is 0.162. The molecular formula is C15H17BrN2OS. The van der Waals surface area contributed by atoms with Gasteiger partial charge in [0, 0.05) is 16.7 Å². The molecule has 0 spiro atoms. The minimum Gasteiger partial charge on any atom is -0.386 e. The SMILES string of the molecule is CCCn1ncc(Br)c1C(O)C1Cc2ccccc2S1. The lowest BCUT2D eigenvalue weighted by Gasteiger charge is -2.19. The highest BCUT2D eigenvalue weighted by atomic mass is 79.9. The van der Waals surface area contributed by atoms with Crippen molar-refractivity contribution >= 4 is 27.7 Å². The van der Waals surface area contributed by atoms with Gasteiger partial charge in [-0.2, -0.15) is 5.10 Å². The lowest BCUT2D eigenvalue weighted by Crippen LogP contribution is -2.19. The van der Waals surface area contributed by atoms with Crippen LogP contribution in [0.2, 0.25) is 0 Å². The molecule has 20 heavy (non-hydrogen) atoms. The molecule has 0 fully saturated rings. The number of hydrogen-bond acceptors (Lipinski definition) is 3. The lowest BCUT2D eigenvalue weighted by atomic mass is 10.0. The van der Waals surface area contributed by atoms with E-state index in [1.807, 2.05) is 4.68 Å². The summed E-state index contributed by atoms with van der Waals surface area (Å²) in [5, 5.41) is 15.3. The summed E-state index contributed by atoms with van der Waals surface area (Å²) < 4.78 is 2.81. The summed E-state index contributed by atoms with van der Waals surface area (Å²) >= 11 is 5.28. The van der Waals surface area contributed by atoms with E-state index in [0.717, 1.165) is 29.6 Å². The Morgan fingerprint density at radius 3 is 3.05 bits per heavy atom. The third-order valence-electron chi connectivity index (χ3n) is 3.57. The van der Waals surface area contributed by atoms with Crippen LogP contribution in [0.3, 0.4) is 0 Å². The normalized spacial score (nSPS) is 19.1. The van der Waals surface area contributed by atoms with Crippen LogP contribution in [0.15, 0.2) is 39.8 Å². The number of nitrogens with zero attached hydrogens (tertiary/aromatic N) is 2. The molecule has 0 bridgehead atoms. The molecule has 5 heteroatoms. The molecule has 0 amide bonds. The summed E-state index contributed by atoms with van der Waals surface area (Å²) in [6.07, 6.45) is 3.19. The van der Waals surface area contributed by atoms with Gasteiger partial charge in [-0.3, -0.25) is 4.68 Å². The zero-order valence-electron chi connectivity index (χ0n) is 11.3. The van der Waals surface area contributed by atoms with E-state index in [1.165, 1.54) is 10.5 Å². The minimum atomic E-state index is -0.504. The Balaban J connectivity index is 1.84. The fraction of sp³-hybridized carbons (Fsp3) is 0.400. The van der Waals surface area contributed by atoms with Gasteiger partial charge >= 0.3 is 0 Å². The van der Waals surface area contributed by atoms with E-state index in [-0.39, 0.29) is 5.25 Å². The van der Waals surface area contributed by atoms with Crippen molar-refractivity contribution < 1.29 is 5.11 Å². The molecule has 1 aromatic carbocycles. The zero-order chi connectivity index (χ0) is 14.1. The molecule has 3 nitrogen and oxygen atoms in total. The molecule has 2 atom stereocenters. The Labute approximate surface area is 131 Å². The first-order valence-corrected chi connectivity index (χ1v) is 8.51. The Hall–Kier alpha value is -0.780. The van der Waals surface area contributed by atoms with Gasteiger partial charge in [0.15, 0.2) is 0 Å². The predicted molar refractivity (Wildman–Crippen MR) is 85.0 cm³/mol. The minimum absolute atomic E-state index is 0.163. The summed E-state index contributed by atoms with van der Waals surface area (Å²) in [7, 11) is 0. The van der Waals surface area contributed by atoms with Gasteiger partial charge in [0.25, 0.3) is 0 Å². The molecule has 0 saturated carbocycles. The monoisotopic (exact) mass is 352 g/mol. The summed E-state index contributed by atoms with van der Waals surface area (Å²) in [5.41, 5.74) is 2.23. The molecule has 2 heterocycles. The average Bonchev–Trinajstić information content (AvgIpc) is 3.02. The quantitative estimate of drug-likeness (QED) is 0.909. The molecule has 2 unspecified atom stereocenters. The standard InChI is InChI=1S/C15H17BrN2OS/c1-2-7-18-14(11(16)9-17-18)15(19)13-8-10-5-3-4-6-12(10)20-13/h3-6,9,13,15,19H,2,7-8H2,1H3. The third-order valence-corrected chi connectivity index (χ3v) is 5.56. The number of halogens is 1. The molecule has 1 aliphatic rings. The van der Waals surface area contributed by atoms with Gasteiger partial charge in [0.1, 0.15) is 6.10 Å². The molecule has 0 radical (unpaired) electrons. The summed E-state index contributed by atoms with van der Waals surface area (Å²) in [5.74, 6) is 0.